The maximum absolute atomic E-state index is 11.4. The molecule has 0 fully saturated rings. The van der Waals surface area contributed by atoms with Crippen molar-refractivity contribution in [3.8, 4) is 22.7 Å². The number of carboxylic acids is 1. The summed E-state index contributed by atoms with van der Waals surface area (Å²) in [5, 5.41) is 13.6. The maximum Gasteiger partial charge on any atom is 0.356 e. The molecule has 3 rings (SSSR count). The van der Waals surface area contributed by atoms with Crippen LogP contribution in [-0.2, 0) is 0 Å². The van der Waals surface area contributed by atoms with Gasteiger partial charge in [-0.3, -0.25) is 0 Å². The topological polar surface area (TPSA) is 64.3 Å². The summed E-state index contributed by atoms with van der Waals surface area (Å²) in [4.78, 5) is 11.4. The van der Waals surface area contributed by atoms with Gasteiger partial charge in [0.25, 0.3) is 0 Å². The molecule has 0 spiro atoms. The molecule has 3 aromatic rings. The zero-order valence-electron chi connectivity index (χ0n) is 13.8. The number of aromatic carboxylic acids is 1. The number of para-hydroxylation sites is 1. The highest BCUT2D eigenvalue weighted by molar-refractivity contribution is 5.88. The molecule has 0 aliphatic carbocycles. The van der Waals surface area contributed by atoms with Crippen LogP contribution in [-0.4, -0.2) is 28.0 Å². The van der Waals surface area contributed by atoms with Gasteiger partial charge in [0.1, 0.15) is 5.75 Å². The number of ether oxygens (including phenoxy) is 1. The molecule has 122 valence electrons. The number of hydrogen-bond donors (Lipinski definition) is 1. The molecule has 0 aliphatic heterocycles. The second-order valence-electron chi connectivity index (χ2n) is 5.63. The lowest BCUT2D eigenvalue weighted by molar-refractivity contribution is 0.0690. The maximum atomic E-state index is 11.4. The predicted octanol–water partition coefficient (Wildman–Crippen LogP) is 3.86. The number of rotatable bonds is 4. The van der Waals surface area contributed by atoms with Crippen LogP contribution in [0.25, 0.3) is 16.9 Å². The van der Waals surface area contributed by atoms with Gasteiger partial charge in [-0.15, -0.1) is 0 Å². The molecule has 0 saturated heterocycles. The Morgan fingerprint density at radius 3 is 2.46 bits per heavy atom. The van der Waals surface area contributed by atoms with Crippen LogP contribution in [0.2, 0.25) is 0 Å². The van der Waals surface area contributed by atoms with Crippen LogP contribution in [0.4, 0.5) is 0 Å². The number of hydrogen-bond acceptors (Lipinski definition) is 3. The van der Waals surface area contributed by atoms with Crippen LogP contribution >= 0.6 is 0 Å². The van der Waals surface area contributed by atoms with Crippen molar-refractivity contribution in [1.29, 1.82) is 0 Å². The summed E-state index contributed by atoms with van der Waals surface area (Å²) < 4.78 is 7.20. The van der Waals surface area contributed by atoms with Gasteiger partial charge in [0, 0.05) is 5.56 Å². The minimum absolute atomic E-state index is 0.00457. The van der Waals surface area contributed by atoms with Gasteiger partial charge < -0.3 is 9.84 Å². The van der Waals surface area contributed by atoms with E-state index < -0.39 is 5.97 Å². The summed E-state index contributed by atoms with van der Waals surface area (Å²) in [5.41, 5.74) is 4.35. The van der Waals surface area contributed by atoms with Crippen LogP contribution in [0.1, 0.15) is 21.6 Å². The van der Waals surface area contributed by atoms with Crippen molar-refractivity contribution in [2.75, 3.05) is 7.11 Å². The van der Waals surface area contributed by atoms with E-state index >= 15 is 0 Å². The zero-order valence-corrected chi connectivity index (χ0v) is 13.8. The number of carboxylic acid groups (broad SMARTS) is 1. The molecule has 0 aliphatic rings. The molecule has 0 atom stereocenters. The molecule has 5 nitrogen and oxygen atoms in total. The van der Waals surface area contributed by atoms with Gasteiger partial charge in [0.05, 0.1) is 18.5 Å². The fourth-order valence-corrected chi connectivity index (χ4v) is 2.86. The SMILES string of the molecule is COc1c(C)cc(C)cc1-c1cc(C(=O)O)nn1-c1ccccc1. The van der Waals surface area contributed by atoms with Crippen LogP contribution in [0.5, 0.6) is 5.75 Å². The highest BCUT2D eigenvalue weighted by Crippen LogP contribution is 2.35. The molecule has 1 N–H and O–H groups in total. The van der Waals surface area contributed by atoms with E-state index in [-0.39, 0.29) is 5.69 Å². The van der Waals surface area contributed by atoms with Gasteiger partial charge in [0.2, 0.25) is 0 Å². The van der Waals surface area contributed by atoms with Gasteiger partial charge in [-0.25, -0.2) is 9.48 Å². The van der Waals surface area contributed by atoms with E-state index in [2.05, 4.69) is 5.10 Å². The Morgan fingerprint density at radius 2 is 1.83 bits per heavy atom. The largest absolute Gasteiger partial charge is 0.496 e. The van der Waals surface area contributed by atoms with Crippen molar-refractivity contribution in [3.63, 3.8) is 0 Å². The standard InChI is InChI=1S/C19H18N2O3/c1-12-9-13(2)18(24-3)15(10-12)17-11-16(19(22)23)20-21(17)14-7-5-4-6-8-14/h4-11H,1-3H3,(H,22,23). The number of methoxy groups -OCH3 is 1. The minimum atomic E-state index is -1.06. The van der Waals surface area contributed by atoms with Crippen molar-refractivity contribution >= 4 is 5.97 Å². The monoisotopic (exact) mass is 322 g/mol. The van der Waals surface area contributed by atoms with Crippen molar-refractivity contribution in [2.24, 2.45) is 0 Å². The second kappa shape index (κ2) is 6.20. The highest BCUT2D eigenvalue weighted by atomic mass is 16.5. The van der Waals surface area contributed by atoms with Crippen molar-refractivity contribution < 1.29 is 14.6 Å². The van der Waals surface area contributed by atoms with Crippen molar-refractivity contribution in [1.82, 2.24) is 9.78 Å². The van der Waals surface area contributed by atoms with E-state index in [9.17, 15) is 9.90 Å². The Balaban J connectivity index is 2.31. The summed E-state index contributed by atoms with van der Waals surface area (Å²) in [7, 11) is 1.61. The highest BCUT2D eigenvalue weighted by Gasteiger charge is 2.19. The third kappa shape index (κ3) is 2.76. The first-order valence-corrected chi connectivity index (χ1v) is 7.55. The Morgan fingerprint density at radius 1 is 1.12 bits per heavy atom. The first-order valence-electron chi connectivity index (χ1n) is 7.55. The number of aromatic nitrogens is 2. The average Bonchev–Trinajstić information content (AvgIpc) is 3.00. The molecule has 5 heteroatoms. The summed E-state index contributed by atoms with van der Waals surface area (Å²) in [6.45, 7) is 3.97. The number of carbonyl (C=O) groups is 1. The normalized spacial score (nSPS) is 10.6. The molecule has 0 bridgehead atoms. The van der Waals surface area contributed by atoms with Crippen LogP contribution in [0, 0.1) is 13.8 Å². The van der Waals surface area contributed by atoms with Crippen LogP contribution in [0.3, 0.4) is 0 Å². The molecule has 0 amide bonds. The van der Waals surface area contributed by atoms with Crippen molar-refractivity contribution in [2.45, 2.75) is 13.8 Å². The van der Waals surface area contributed by atoms with E-state index in [1.54, 1.807) is 17.9 Å². The van der Waals surface area contributed by atoms with E-state index in [4.69, 9.17) is 4.74 Å². The minimum Gasteiger partial charge on any atom is -0.496 e. The third-order valence-corrected chi connectivity index (χ3v) is 3.83. The van der Waals surface area contributed by atoms with E-state index in [0.29, 0.717) is 5.69 Å². The van der Waals surface area contributed by atoms with Gasteiger partial charge >= 0.3 is 5.97 Å². The molecule has 0 saturated carbocycles. The molecule has 2 aromatic carbocycles. The lowest BCUT2D eigenvalue weighted by Gasteiger charge is -2.14. The molecule has 1 heterocycles. The Hall–Kier alpha value is -3.08. The molecule has 0 radical (unpaired) electrons. The number of benzene rings is 2. The van der Waals surface area contributed by atoms with Gasteiger partial charge in [0.15, 0.2) is 5.69 Å². The molecule has 24 heavy (non-hydrogen) atoms. The molecular formula is C19H18N2O3. The summed E-state index contributed by atoms with van der Waals surface area (Å²) in [6, 6.07) is 15.0. The Labute approximate surface area is 140 Å². The molecular weight excluding hydrogens is 304 g/mol. The fraction of sp³-hybridized carbons (Fsp3) is 0.158. The molecule has 1 aromatic heterocycles. The van der Waals surface area contributed by atoms with Gasteiger partial charge in [-0.1, -0.05) is 24.3 Å². The van der Waals surface area contributed by atoms with Crippen molar-refractivity contribution in [3.05, 3.63) is 65.4 Å². The average molecular weight is 322 g/mol. The summed E-state index contributed by atoms with van der Waals surface area (Å²) in [5.74, 6) is -0.344. The van der Waals surface area contributed by atoms with Gasteiger partial charge in [-0.05, 0) is 49.2 Å². The number of aryl methyl sites for hydroxylation is 2. The fourth-order valence-electron chi connectivity index (χ4n) is 2.86. The van der Waals surface area contributed by atoms with E-state index in [1.807, 2.05) is 56.3 Å². The van der Waals surface area contributed by atoms with Crippen LogP contribution in [0.15, 0.2) is 48.5 Å². The lowest BCUT2D eigenvalue weighted by atomic mass is 10.0. The zero-order chi connectivity index (χ0) is 17.3. The first kappa shape index (κ1) is 15.8. The first-order chi connectivity index (χ1) is 11.5. The second-order valence-corrected chi connectivity index (χ2v) is 5.63. The van der Waals surface area contributed by atoms with E-state index in [1.165, 1.54) is 0 Å². The predicted molar refractivity (Wildman–Crippen MR) is 92.0 cm³/mol. The Bertz CT molecular complexity index is 898. The Kier molecular flexibility index (Phi) is 4.08. The summed E-state index contributed by atoms with van der Waals surface area (Å²) in [6.07, 6.45) is 0. The summed E-state index contributed by atoms with van der Waals surface area (Å²) >= 11 is 0. The quantitative estimate of drug-likeness (QED) is 0.792. The van der Waals surface area contributed by atoms with E-state index in [0.717, 1.165) is 28.1 Å². The third-order valence-electron chi connectivity index (χ3n) is 3.83. The smallest absolute Gasteiger partial charge is 0.356 e. The number of nitrogens with zero attached hydrogens (tertiary/aromatic N) is 2. The lowest BCUT2D eigenvalue weighted by Crippen LogP contribution is -2.03. The molecule has 0 unspecified atom stereocenters. The van der Waals surface area contributed by atoms with Gasteiger partial charge in [-0.2, -0.15) is 5.10 Å². The van der Waals surface area contributed by atoms with Crippen LogP contribution < -0.4 is 4.74 Å².